The number of aldehydes is 1. The van der Waals surface area contributed by atoms with Gasteiger partial charge in [0.15, 0.2) is 0 Å². The Labute approximate surface area is 89.3 Å². The summed E-state index contributed by atoms with van der Waals surface area (Å²) in [7, 11) is 0. The molecule has 2 heteroatoms. The molecule has 1 aliphatic carbocycles. The van der Waals surface area contributed by atoms with Crippen LogP contribution in [0.2, 0.25) is 0 Å². The Morgan fingerprint density at radius 3 is 2.60 bits per heavy atom. The summed E-state index contributed by atoms with van der Waals surface area (Å²) in [4.78, 5) is 10.7. The maximum absolute atomic E-state index is 13.9. The largest absolute Gasteiger partial charge is 0.298 e. The maximum atomic E-state index is 13.9. The molecule has 1 fully saturated rings. The SMILES string of the molecule is Cc1cc(C=O)cc(C2CCCC2)c1F. The molecule has 0 saturated heterocycles. The number of carbonyl (C=O) groups is 1. The van der Waals surface area contributed by atoms with Crippen molar-refractivity contribution in [3.63, 3.8) is 0 Å². The Hall–Kier alpha value is -1.18. The van der Waals surface area contributed by atoms with Gasteiger partial charge in [-0.1, -0.05) is 12.8 Å². The Morgan fingerprint density at radius 2 is 2.00 bits per heavy atom. The van der Waals surface area contributed by atoms with Crippen LogP contribution in [0.3, 0.4) is 0 Å². The summed E-state index contributed by atoms with van der Waals surface area (Å²) in [6.07, 6.45) is 5.26. The molecule has 0 unspecified atom stereocenters. The van der Waals surface area contributed by atoms with Crippen LogP contribution in [0, 0.1) is 12.7 Å². The summed E-state index contributed by atoms with van der Waals surface area (Å²) in [5.41, 5.74) is 1.92. The molecule has 0 heterocycles. The monoisotopic (exact) mass is 206 g/mol. The predicted molar refractivity (Wildman–Crippen MR) is 57.7 cm³/mol. The molecule has 15 heavy (non-hydrogen) atoms. The lowest BCUT2D eigenvalue weighted by atomic mass is 9.93. The molecule has 0 bridgehead atoms. The molecular formula is C13H15FO. The van der Waals surface area contributed by atoms with Gasteiger partial charge in [0.1, 0.15) is 12.1 Å². The van der Waals surface area contributed by atoms with Crippen LogP contribution in [0.25, 0.3) is 0 Å². The molecule has 0 atom stereocenters. The highest BCUT2D eigenvalue weighted by atomic mass is 19.1. The van der Waals surface area contributed by atoms with Crippen molar-refractivity contribution in [2.45, 2.75) is 38.5 Å². The second kappa shape index (κ2) is 4.13. The first kappa shape index (κ1) is 10.3. The minimum atomic E-state index is -0.118. The van der Waals surface area contributed by atoms with E-state index in [0.29, 0.717) is 17.0 Å². The summed E-state index contributed by atoms with van der Waals surface area (Å²) in [5.74, 6) is 0.205. The van der Waals surface area contributed by atoms with Gasteiger partial charge in [0.05, 0.1) is 0 Å². The smallest absolute Gasteiger partial charge is 0.150 e. The Morgan fingerprint density at radius 1 is 1.33 bits per heavy atom. The fourth-order valence-corrected chi connectivity index (χ4v) is 2.43. The average Bonchev–Trinajstić information content (AvgIpc) is 2.75. The first-order chi connectivity index (χ1) is 7.22. The van der Waals surface area contributed by atoms with Crippen LogP contribution >= 0.6 is 0 Å². The second-order valence-electron chi connectivity index (χ2n) is 4.34. The Kier molecular flexibility index (Phi) is 2.85. The van der Waals surface area contributed by atoms with Crippen molar-refractivity contribution in [2.24, 2.45) is 0 Å². The summed E-state index contributed by atoms with van der Waals surface area (Å²) in [6.45, 7) is 1.72. The number of hydrogen-bond donors (Lipinski definition) is 0. The quantitative estimate of drug-likeness (QED) is 0.675. The Balaban J connectivity index is 2.43. The molecule has 80 valence electrons. The molecule has 2 rings (SSSR count). The van der Waals surface area contributed by atoms with E-state index in [1.54, 1.807) is 19.1 Å². The number of rotatable bonds is 2. The third-order valence-electron chi connectivity index (χ3n) is 3.24. The van der Waals surface area contributed by atoms with Crippen LogP contribution in [0.1, 0.15) is 53.1 Å². The van der Waals surface area contributed by atoms with Crippen LogP contribution in [0.5, 0.6) is 0 Å². The van der Waals surface area contributed by atoms with Crippen LogP contribution in [-0.2, 0) is 0 Å². The number of carbonyl (C=O) groups excluding carboxylic acids is 1. The van der Waals surface area contributed by atoms with E-state index >= 15 is 0 Å². The van der Waals surface area contributed by atoms with Gasteiger partial charge in [-0.3, -0.25) is 4.79 Å². The zero-order valence-electron chi connectivity index (χ0n) is 8.92. The van der Waals surface area contributed by atoms with Gasteiger partial charge in [0.25, 0.3) is 0 Å². The van der Waals surface area contributed by atoms with Crippen molar-refractivity contribution in [3.8, 4) is 0 Å². The number of aryl methyl sites for hydroxylation is 1. The molecular weight excluding hydrogens is 191 g/mol. The third-order valence-corrected chi connectivity index (χ3v) is 3.24. The molecule has 1 aromatic carbocycles. The minimum absolute atomic E-state index is 0.118. The average molecular weight is 206 g/mol. The summed E-state index contributed by atoms with van der Waals surface area (Å²) < 4.78 is 13.9. The first-order valence-corrected chi connectivity index (χ1v) is 5.47. The van der Waals surface area contributed by atoms with E-state index in [0.717, 1.165) is 24.7 Å². The lowest BCUT2D eigenvalue weighted by molar-refractivity contribution is 0.112. The third kappa shape index (κ3) is 1.94. The molecule has 0 aliphatic heterocycles. The lowest BCUT2D eigenvalue weighted by Crippen LogP contribution is -2.00. The van der Waals surface area contributed by atoms with Crippen LogP contribution < -0.4 is 0 Å². The zero-order valence-corrected chi connectivity index (χ0v) is 8.92. The summed E-state index contributed by atoms with van der Waals surface area (Å²) in [5, 5.41) is 0. The van der Waals surface area contributed by atoms with Crippen molar-refractivity contribution in [3.05, 3.63) is 34.6 Å². The number of benzene rings is 1. The predicted octanol–water partition coefficient (Wildman–Crippen LogP) is 3.60. The topological polar surface area (TPSA) is 17.1 Å². The van der Waals surface area contributed by atoms with Crippen molar-refractivity contribution in [2.75, 3.05) is 0 Å². The van der Waals surface area contributed by atoms with Crippen LogP contribution in [-0.4, -0.2) is 6.29 Å². The van der Waals surface area contributed by atoms with Crippen LogP contribution in [0.15, 0.2) is 12.1 Å². The van der Waals surface area contributed by atoms with Crippen molar-refractivity contribution in [1.29, 1.82) is 0 Å². The fourth-order valence-electron chi connectivity index (χ4n) is 2.43. The molecule has 0 aromatic heterocycles. The molecule has 1 saturated carbocycles. The van der Waals surface area contributed by atoms with E-state index in [-0.39, 0.29) is 5.82 Å². The molecule has 1 aliphatic rings. The first-order valence-electron chi connectivity index (χ1n) is 5.47. The standard InChI is InChI=1S/C13H15FO/c1-9-6-10(8-15)7-12(13(9)14)11-4-2-3-5-11/h6-8,11H,2-5H2,1H3. The van der Waals surface area contributed by atoms with E-state index in [2.05, 4.69) is 0 Å². The second-order valence-corrected chi connectivity index (χ2v) is 4.34. The molecule has 1 aromatic rings. The van der Waals surface area contributed by atoms with E-state index in [1.807, 2.05) is 0 Å². The zero-order chi connectivity index (χ0) is 10.8. The molecule has 0 radical (unpaired) electrons. The van der Waals surface area contributed by atoms with E-state index in [1.165, 1.54) is 12.8 Å². The fraction of sp³-hybridized carbons (Fsp3) is 0.462. The maximum Gasteiger partial charge on any atom is 0.150 e. The van der Waals surface area contributed by atoms with Gasteiger partial charge < -0.3 is 0 Å². The Bertz CT molecular complexity index is 378. The highest BCUT2D eigenvalue weighted by molar-refractivity contribution is 5.75. The molecule has 0 spiro atoms. The van der Waals surface area contributed by atoms with Gasteiger partial charge >= 0.3 is 0 Å². The summed E-state index contributed by atoms with van der Waals surface area (Å²) >= 11 is 0. The molecule has 1 nitrogen and oxygen atoms in total. The van der Waals surface area contributed by atoms with Crippen molar-refractivity contribution < 1.29 is 9.18 Å². The van der Waals surface area contributed by atoms with Gasteiger partial charge in [-0.15, -0.1) is 0 Å². The normalized spacial score (nSPS) is 16.9. The molecule has 0 N–H and O–H groups in total. The van der Waals surface area contributed by atoms with Gasteiger partial charge in [-0.2, -0.15) is 0 Å². The van der Waals surface area contributed by atoms with Gasteiger partial charge in [-0.25, -0.2) is 4.39 Å². The molecule has 0 amide bonds. The van der Waals surface area contributed by atoms with Gasteiger partial charge in [-0.05, 0) is 48.9 Å². The number of hydrogen-bond acceptors (Lipinski definition) is 1. The summed E-state index contributed by atoms with van der Waals surface area (Å²) in [6, 6.07) is 3.33. The van der Waals surface area contributed by atoms with Gasteiger partial charge in [0.2, 0.25) is 0 Å². The van der Waals surface area contributed by atoms with E-state index in [9.17, 15) is 9.18 Å². The lowest BCUT2D eigenvalue weighted by Gasteiger charge is -2.13. The van der Waals surface area contributed by atoms with Crippen molar-refractivity contribution >= 4 is 6.29 Å². The highest BCUT2D eigenvalue weighted by Gasteiger charge is 2.21. The van der Waals surface area contributed by atoms with E-state index in [4.69, 9.17) is 0 Å². The van der Waals surface area contributed by atoms with Crippen molar-refractivity contribution in [1.82, 2.24) is 0 Å². The van der Waals surface area contributed by atoms with Crippen LogP contribution in [0.4, 0.5) is 4.39 Å². The number of halogens is 1. The minimum Gasteiger partial charge on any atom is -0.298 e. The van der Waals surface area contributed by atoms with E-state index < -0.39 is 0 Å². The highest BCUT2D eigenvalue weighted by Crippen LogP contribution is 2.36. The van der Waals surface area contributed by atoms with Gasteiger partial charge in [0, 0.05) is 5.56 Å².